The zero-order valence-corrected chi connectivity index (χ0v) is 16.1. The maximum absolute atomic E-state index is 13.1. The van der Waals surface area contributed by atoms with Crippen LogP contribution in [0.25, 0.3) is 0 Å². The molecule has 0 amide bonds. The second-order valence-corrected chi connectivity index (χ2v) is 14.5. The van der Waals surface area contributed by atoms with Gasteiger partial charge < -0.3 is 5.11 Å². The van der Waals surface area contributed by atoms with Crippen molar-refractivity contribution in [3.05, 3.63) is 65.7 Å². The van der Waals surface area contributed by atoms with Gasteiger partial charge in [0.1, 0.15) is 0 Å². The fourth-order valence-corrected chi connectivity index (χ4v) is 7.30. The first kappa shape index (κ1) is 18.1. The molecule has 2 rings (SSSR count). The number of aliphatic hydroxyl groups is 1. The van der Waals surface area contributed by atoms with Crippen molar-refractivity contribution in [1.29, 1.82) is 0 Å². The summed E-state index contributed by atoms with van der Waals surface area (Å²) in [6.45, 7) is 8.78. The lowest BCUT2D eigenvalue weighted by molar-refractivity contribution is 0.177. The minimum Gasteiger partial charge on any atom is -0.387 e. The van der Waals surface area contributed by atoms with Gasteiger partial charge in [0, 0.05) is 13.0 Å². The molecule has 2 aromatic carbocycles. The first-order chi connectivity index (χ1) is 10.8. The molecule has 0 spiro atoms. The molecule has 0 unspecified atom stereocenters. The van der Waals surface area contributed by atoms with E-state index in [0.29, 0.717) is 0 Å². The second kappa shape index (κ2) is 7.56. The summed E-state index contributed by atoms with van der Waals surface area (Å²) in [6.07, 6.45) is -0.704. The van der Waals surface area contributed by atoms with Crippen LogP contribution in [0.5, 0.6) is 0 Å². The van der Waals surface area contributed by atoms with Crippen LogP contribution in [0.1, 0.15) is 17.2 Å². The average Bonchev–Trinajstić information content (AvgIpc) is 2.52. The molecular formula is C19H26O2SSi. The highest BCUT2D eigenvalue weighted by molar-refractivity contribution is 7.85. The summed E-state index contributed by atoms with van der Waals surface area (Å²) in [5, 5.41) is 10.6. The Morgan fingerprint density at radius 3 is 2.09 bits per heavy atom. The standard InChI is InChI=1S/C19H26O2SSi/c1-15-10-12-17(13-11-15)22(21)18(14-23(2,3)4)19(20)16-8-6-5-7-9-16/h5-13,18-20H,14H2,1-4H3/t18-,19+,22-/m0/s1. The van der Waals surface area contributed by atoms with Gasteiger partial charge in [-0.05, 0) is 30.7 Å². The lowest BCUT2D eigenvalue weighted by Gasteiger charge is -2.28. The highest BCUT2D eigenvalue weighted by Crippen LogP contribution is 2.30. The van der Waals surface area contributed by atoms with Gasteiger partial charge in [-0.15, -0.1) is 0 Å². The maximum Gasteiger partial charge on any atom is 0.0934 e. The molecule has 2 aromatic rings. The third-order valence-electron chi connectivity index (χ3n) is 3.84. The van der Waals surface area contributed by atoms with Crippen LogP contribution < -0.4 is 0 Å². The Bertz CT molecular complexity index is 647. The van der Waals surface area contributed by atoms with E-state index in [2.05, 4.69) is 19.6 Å². The number of rotatable bonds is 6. The Balaban J connectivity index is 2.33. The van der Waals surface area contributed by atoms with Gasteiger partial charge in [0.2, 0.25) is 0 Å². The summed E-state index contributed by atoms with van der Waals surface area (Å²) in [5.41, 5.74) is 1.99. The van der Waals surface area contributed by atoms with Crippen LogP contribution in [0.3, 0.4) is 0 Å². The summed E-state index contributed by atoms with van der Waals surface area (Å²) in [7, 11) is -2.70. The van der Waals surface area contributed by atoms with Gasteiger partial charge in [-0.3, -0.25) is 4.21 Å². The largest absolute Gasteiger partial charge is 0.387 e. The fourth-order valence-electron chi connectivity index (χ4n) is 2.62. The number of hydrogen-bond donors (Lipinski definition) is 1. The molecular weight excluding hydrogens is 320 g/mol. The van der Waals surface area contributed by atoms with Crippen molar-refractivity contribution in [2.75, 3.05) is 0 Å². The molecule has 0 aliphatic heterocycles. The van der Waals surface area contributed by atoms with Crippen molar-refractivity contribution in [1.82, 2.24) is 0 Å². The highest BCUT2D eigenvalue weighted by Gasteiger charge is 2.32. The number of aliphatic hydroxyl groups excluding tert-OH is 1. The van der Waals surface area contributed by atoms with E-state index in [1.165, 1.54) is 0 Å². The lowest BCUT2D eigenvalue weighted by atomic mass is 10.1. The predicted molar refractivity (Wildman–Crippen MR) is 101 cm³/mol. The SMILES string of the molecule is Cc1ccc([S@](=O)[C@@H](C[Si](C)(C)C)[C@H](O)c2ccccc2)cc1. The summed E-state index contributed by atoms with van der Waals surface area (Å²) in [4.78, 5) is 0.800. The molecule has 0 aliphatic rings. The van der Waals surface area contributed by atoms with Gasteiger partial charge in [-0.2, -0.15) is 0 Å². The normalized spacial score (nSPS) is 15.9. The minimum atomic E-state index is -1.48. The van der Waals surface area contributed by atoms with Crippen molar-refractivity contribution < 1.29 is 9.32 Å². The summed E-state index contributed by atoms with van der Waals surface area (Å²) in [5.74, 6) is 0. The Kier molecular flexibility index (Phi) is 5.95. The van der Waals surface area contributed by atoms with Gasteiger partial charge in [-0.1, -0.05) is 67.7 Å². The third kappa shape index (κ3) is 5.13. The maximum atomic E-state index is 13.1. The van der Waals surface area contributed by atoms with Gasteiger partial charge in [-0.25, -0.2) is 0 Å². The van der Waals surface area contributed by atoms with Crippen LogP contribution in [0, 0.1) is 6.92 Å². The molecule has 3 atom stereocenters. The van der Waals surface area contributed by atoms with Crippen LogP contribution in [0.2, 0.25) is 25.7 Å². The van der Waals surface area contributed by atoms with Gasteiger partial charge in [0.05, 0.1) is 22.2 Å². The topological polar surface area (TPSA) is 37.3 Å². The van der Waals surface area contributed by atoms with E-state index in [4.69, 9.17) is 0 Å². The van der Waals surface area contributed by atoms with E-state index >= 15 is 0 Å². The number of benzene rings is 2. The summed E-state index contributed by atoms with van der Waals surface area (Å²) < 4.78 is 13.1. The zero-order valence-electron chi connectivity index (χ0n) is 14.3. The predicted octanol–water partition coefficient (Wildman–Crippen LogP) is 4.54. The first-order valence-electron chi connectivity index (χ1n) is 7.98. The van der Waals surface area contributed by atoms with Gasteiger partial charge in [0.15, 0.2) is 0 Å². The third-order valence-corrected chi connectivity index (χ3v) is 7.51. The fraction of sp³-hybridized carbons (Fsp3) is 0.368. The molecule has 0 aromatic heterocycles. The van der Waals surface area contributed by atoms with Crippen molar-refractivity contribution in [2.45, 2.75) is 48.9 Å². The summed E-state index contributed by atoms with van der Waals surface area (Å²) >= 11 is 0. The zero-order chi connectivity index (χ0) is 17.0. The van der Waals surface area contributed by atoms with Crippen molar-refractivity contribution >= 4 is 18.9 Å². The molecule has 2 nitrogen and oxygen atoms in total. The van der Waals surface area contributed by atoms with Crippen molar-refractivity contribution in [3.8, 4) is 0 Å². The van der Waals surface area contributed by atoms with Crippen molar-refractivity contribution in [2.24, 2.45) is 0 Å². The van der Waals surface area contributed by atoms with E-state index in [-0.39, 0.29) is 5.25 Å². The van der Waals surface area contributed by atoms with Crippen LogP contribution in [-0.4, -0.2) is 22.6 Å². The van der Waals surface area contributed by atoms with Crippen LogP contribution in [0.4, 0.5) is 0 Å². The monoisotopic (exact) mass is 346 g/mol. The lowest BCUT2D eigenvalue weighted by Crippen LogP contribution is -2.33. The molecule has 23 heavy (non-hydrogen) atoms. The van der Waals surface area contributed by atoms with Crippen LogP contribution >= 0.6 is 0 Å². The van der Waals surface area contributed by atoms with Crippen LogP contribution in [-0.2, 0) is 10.8 Å². The van der Waals surface area contributed by atoms with E-state index in [1.807, 2.05) is 61.5 Å². The Labute approximate surface area is 143 Å². The quantitative estimate of drug-likeness (QED) is 0.780. The smallest absolute Gasteiger partial charge is 0.0934 e. The number of aryl methyl sites for hydroxylation is 1. The number of hydrogen-bond acceptors (Lipinski definition) is 2. The Hall–Kier alpha value is -1.23. The average molecular weight is 347 g/mol. The molecule has 0 bridgehead atoms. The highest BCUT2D eigenvalue weighted by atomic mass is 32.2. The van der Waals surface area contributed by atoms with E-state index in [1.54, 1.807) is 0 Å². The van der Waals surface area contributed by atoms with E-state index in [9.17, 15) is 9.32 Å². The minimum absolute atomic E-state index is 0.272. The summed E-state index contributed by atoms with van der Waals surface area (Å²) in [6, 6.07) is 18.2. The molecule has 1 N–H and O–H groups in total. The molecule has 0 heterocycles. The molecule has 0 fully saturated rings. The molecule has 124 valence electrons. The second-order valence-electron chi connectivity index (χ2n) is 7.27. The van der Waals surface area contributed by atoms with Crippen LogP contribution in [0.15, 0.2) is 59.5 Å². The molecule has 0 saturated carbocycles. The molecule has 0 aliphatic carbocycles. The molecule has 0 radical (unpaired) electrons. The Morgan fingerprint density at radius 1 is 1.00 bits per heavy atom. The van der Waals surface area contributed by atoms with Gasteiger partial charge in [0.25, 0.3) is 0 Å². The van der Waals surface area contributed by atoms with Crippen molar-refractivity contribution in [3.63, 3.8) is 0 Å². The molecule has 0 saturated heterocycles. The first-order valence-corrected chi connectivity index (χ1v) is 12.9. The van der Waals surface area contributed by atoms with Gasteiger partial charge >= 0.3 is 0 Å². The molecule has 4 heteroatoms. The van der Waals surface area contributed by atoms with E-state index < -0.39 is 25.0 Å². The Morgan fingerprint density at radius 2 is 1.57 bits per heavy atom. The van der Waals surface area contributed by atoms with E-state index in [0.717, 1.165) is 22.1 Å².